The number of hydrogen-bond donors (Lipinski definition) is 2. The molecule has 0 radical (unpaired) electrons. The smallest absolute Gasteiger partial charge is 0.227 e. The summed E-state index contributed by atoms with van der Waals surface area (Å²) in [6, 6.07) is 7.39. The second kappa shape index (κ2) is 6.57. The zero-order chi connectivity index (χ0) is 15.2. The molecule has 1 amide bonds. The van der Waals surface area contributed by atoms with Crippen molar-refractivity contribution < 1.29 is 4.79 Å². The van der Waals surface area contributed by atoms with E-state index in [2.05, 4.69) is 30.5 Å². The van der Waals surface area contributed by atoms with Crippen molar-refractivity contribution in [1.82, 2.24) is 30.5 Å². The molecule has 0 saturated carbocycles. The standard InChI is InChI=1S/C15H14N6O/c22-14(18-9-11-3-6-16-7-4-11)8-13-19-15(21-20-13)12-2-1-5-17-10-12/h1-7,10H,8-9H2,(H,18,22)(H,19,20,21). The number of nitrogens with one attached hydrogen (secondary N) is 2. The van der Waals surface area contributed by atoms with Crippen LogP contribution in [-0.2, 0) is 17.8 Å². The molecular formula is C15H14N6O. The van der Waals surface area contributed by atoms with Crippen LogP contribution < -0.4 is 5.32 Å². The molecule has 0 spiro atoms. The van der Waals surface area contributed by atoms with Gasteiger partial charge in [-0.3, -0.25) is 19.9 Å². The number of hydrogen-bond acceptors (Lipinski definition) is 5. The minimum absolute atomic E-state index is 0.120. The number of H-pyrrole nitrogens is 1. The first-order valence-electron chi connectivity index (χ1n) is 6.78. The van der Waals surface area contributed by atoms with Crippen LogP contribution in [0.2, 0.25) is 0 Å². The molecule has 110 valence electrons. The molecule has 3 heterocycles. The lowest BCUT2D eigenvalue weighted by Crippen LogP contribution is -2.25. The highest BCUT2D eigenvalue weighted by Crippen LogP contribution is 2.12. The summed E-state index contributed by atoms with van der Waals surface area (Å²) >= 11 is 0. The van der Waals surface area contributed by atoms with Crippen LogP contribution in [0, 0.1) is 0 Å². The van der Waals surface area contributed by atoms with Crippen molar-refractivity contribution in [1.29, 1.82) is 0 Å². The molecule has 0 aliphatic carbocycles. The molecule has 0 aliphatic heterocycles. The molecule has 3 aromatic rings. The quantitative estimate of drug-likeness (QED) is 0.735. The SMILES string of the molecule is O=C(Cc1nc(-c2cccnc2)n[nH]1)NCc1ccncc1. The van der Waals surface area contributed by atoms with E-state index in [0.717, 1.165) is 11.1 Å². The second-order valence-corrected chi connectivity index (χ2v) is 4.66. The van der Waals surface area contributed by atoms with Gasteiger partial charge in [0.25, 0.3) is 0 Å². The topological polar surface area (TPSA) is 96.5 Å². The Morgan fingerprint density at radius 3 is 2.77 bits per heavy atom. The van der Waals surface area contributed by atoms with Crippen molar-refractivity contribution in [3.05, 3.63) is 60.4 Å². The number of aromatic amines is 1. The minimum atomic E-state index is -0.120. The van der Waals surface area contributed by atoms with Gasteiger partial charge in [-0.1, -0.05) is 0 Å². The second-order valence-electron chi connectivity index (χ2n) is 4.66. The fourth-order valence-electron chi connectivity index (χ4n) is 1.91. The summed E-state index contributed by atoms with van der Waals surface area (Å²) in [6.07, 6.45) is 6.90. The zero-order valence-electron chi connectivity index (χ0n) is 11.7. The Morgan fingerprint density at radius 2 is 2.00 bits per heavy atom. The highest BCUT2D eigenvalue weighted by Gasteiger charge is 2.09. The number of carbonyl (C=O) groups is 1. The van der Waals surface area contributed by atoms with E-state index in [4.69, 9.17) is 0 Å². The lowest BCUT2D eigenvalue weighted by atomic mass is 10.2. The van der Waals surface area contributed by atoms with E-state index in [-0.39, 0.29) is 12.3 Å². The van der Waals surface area contributed by atoms with Gasteiger partial charge in [0, 0.05) is 36.9 Å². The van der Waals surface area contributed by atoms with E-state index < -0.39 is 0 Å². The maximum atomic E-state index is 11.9. The van der Waals surface area contributed by atoms with Gasteiger partial charge < -0.3 is 5.32 Å². The van der Waals surface area contributed by atoms with Crippen LogP contribution in [-0.4, -0.2) is 31.1 Å². The lowest BCUT2D eigenvalue weighted by molar-refractivity contribution is -0.120. The molecule has 7 nitrogen and oxygen atoms in total. The van der Waals surface area contributed by atoms with Gasteiger partial charge in [0.15, 0.2) is 5.82 Å². The number of amides is 1. The molecule has 22 heavy (non-hydrogen) atoms. The number of rotatable bonds is 5. The maximum absolute atomic E-state index is 11.9. The summed E-state index contributed by atoms with van der Waals surface area (Å²) in [5.74, 6) is 0.932. The van der Waals surface area contributed by atoms with Crippen molar-refractivity contribution in [3.8, 4) is 11.4 Å². The Hall–Kier alpha value is -3.09. The van der Waals surface area contributed by atoms with Crippen molar-refractivity contribution in [2.24, 2.45) is 0 Å². The first kappa shape index (κ1) is 13.9. The van der Waals surface area contributed by atoms with Crippen LogP contribution in [0.3, 0.4) is 0 Å². The third-order valence-electron chi connectivity index (χ3n) is 3.02. The molecule has 0 aliphatic rings. The number of aromatic nitrogens is 5. The zero-order valence-corrected chi connectivity index (χ0v) is 11.7. The van der Waals surface area contributed by atoms with E-state index in [0.29, 0.717) is 18.2 Å². The summed E-state index contributed by atoms with van der Waals surface area (Å²) < 4.78 is 0. The van der Waals surface area contributed by atoms with Gasteiger partial charge in [-0.05, 0) is 29.8 Å². The van der Waals surface area contributed by atoms with Crippen molar-refractivity contribution in [3.63, 3.8) is 0 Å². The highest BCUT2D eigenvalue weighted by molar-refractivity contribution is 5.77. The summed E-state index contributed by atoms with van der Waals surface area (Å²) in [4.78, 5) is 24.1. The molecule has 0 bridgehead atoms. The van der Waals surface area contributed by atoms with Crippen molar-refractivity contribution in [2.75, 3.05) is 0 Å². The van der Waals surface area contributed by atoms with Crippen LogP contribution >= 0.6 is 0 Å². The molecule has 0 unspecified atom stereocenters. The third-order valence-corrected chi connectivity index (χ3v) is 3.02. The molecule has 7 heteroatoms. The maximum Gasteiger partial charge on any atom is 0.227 e. The van der Waals surface area contributed by atoms with Gasteiger partial charge in [0.05, 0.1) is 6.42 Å². The molecule has 0 fully saturated rings. The fraction of sp³-hybridized carbons (Fsp3) is 0.133. The van der Waals surface area contributed by atoms with Gasteiger partial charge in [0.2, 0.25) is 5.91 Å². The Labute approximate surface area is 126 Å². The van der Waals surface area contributed by atoms with Crippen molar-refractivity contribution >= 4 is 5.91 Å². The molecular weight excluding hydrogens is 280 g/mol. The average molecular weight is 294 g/mol. The van der Waals surface area contributed by atoms with Crippen LogP contribution in [0.5, 0.6) is 0 Å². The molecule has 0 aromatic carbocycles. The van der Waals surface area contributed by atoms with E-state index in [1.165, 1.54) is 0 Å². The molecule has 3 aromatic heterocycles. The number of pyridine rings is 2. The van der Waals surface area contributed by atoms with E-state index in [1.54, 1.807) is 24.8 Å². The van der Waals surface area contributed by atoms with Gasteiger partial charge >= 0.3 is 0 Å². The van der Waals surface area contributed by atoms with Gasteiger partial charge in [-0.2, -0.15) is 5.10 Å². The number of carbonyl (C=O) groups excluding carboxylic acids is 1. The predicted octanol–water partition coefficient (Wildman–Crippen LogP) is 1.12. The Kier molecular flexibility index (Phi) is 4.15. The normalized spacial score (nSPS) is 10.4. The predicted molar refractivity (Wildman–Crippen MR) is 79.4 cm³/mol. The largest absolute Gasteiger partial charge is 0.352 e. The van der Waals surface area contributed by atoms with Crippen LogP contribution in [0.25, 0.3) is 11.4 Å². The van der Waals surface area contributed by atoms with Crippen LogP contribution in [0.1, 0.15) is 11.4 Å². The van der Waals surface area contributed by atoms with E-state index in [1.807, 2.05) is 24.3 Å². The first-order valence-corrected chi connectivity index (χ1v) is 6.78. The highest BCUT2D eigenvalue weighted by atomic mass is 16.1. The summed E-state index contributed by atoms with van der Waals surface area (Å²) in [5, 5.41) is 9.70. The summed E-state index contributed by atoms with van der Waals surface area (Å²) in [7, 11) is 0. The fourth-order valence-corrected chi connectivity index (χ4v) is 1.91. The lowest BCUT2D eigenvalue weighted by Gasteiger charge is -2.03. The summed E-state index contributed by atoms with van der Waals surface area (Å²) in [5.41, 5.74) is 1.80. The Morgan fingerprint density at radius 1 is 1.14 bits per heavy atom. The van der Waals surface area contributed by atoms with Crippen LogP contribution in [0.4, 0.5) is 0 Å². The average Bonchev–Trinajstić information content (AvgIpc) is 3.03. The van der Waals surface area contributed by atoms with Crippen LogP contribution in [0.15, 0.2) is 49.1 Å². The van der Waals surface area contributed by atoms with E-state index >= 15 is 0 Å². The minimum Gasteiger partial charge on any atom is -0.352 e. The number of nitrogens with zero attached hydrogens (tertiary/aromatic N) is 4. The van der Waals surface area contributed by atoms with Gasteiger partial charge in [-0.25, -0.2) is 4.98 Å². The summed E-state index contributed by atoms with van der Waals surface area (Å²) in [6.45, 7) is 0.463. The van der Waals surface area contributed by atoms with Gasteiger partial charge in [-0.15, -0.1) is 0 Å². The molecule has 3 rings (SSSR count). The molecule has 0 saturated heterocycles. The Balaban J connectivity index is 1.57. The molecule has 2 N–H and O–H groups in total. The Bertz CT molecular complexity index is 741. The monoisotopic (exact) mass is 294 g/mol. The van der Waals surface area contributed by atoms with Gasteiger partial charge in [0.1, 0.15) is 5.82 Å². The third kappa shape index (κ3) is 3.51. The molecule has 0 atom stereocenters. The first-order chi connectivity index (χ1) is 10.8. The van der Waals surface area contributed by atoms with Crippen molar-refractivity contribution in [2.45, 2.75) is 13.0 Å². The van der Waals surface area contributed by atoms with E-state index in [9.17, 15) is 4.79 Å².